The van der Waals surface area contributed by atoms with Crippen LogP contribution in [0, 0.1) is 23.0 Å². The zero-order valence-electron chi connectivity index (χ0n) is 10.6. The molecule has 2 aromatic heterocycles. The largest absolute Gasteiger partial charge is 0.329 e. The maximum atomic E-state index is 5.47. The Hall–Kier alpha value is -1.16. The molecule has 2 aliphatic carbocycles. The number of aryl methyl sites for hydroxylation is 1. The lowest BCUT2D eigenvalue weighted by atomic mass is 10.0. The Labute approximate surface area is 111 Å². The molecule has 0 saturated heterocycles. The van der Waals surface area contributed by atoms with Gasteiger partial charge in [0.05, 0.1) is 5.52 Å². The second-order valence-electron chi connectivity index (χ2n) is 5.98. The lowest BCUT2D eigenvalue weighted by Crippen LogP contribution is -2.14. The fourth-order valence-corrected chi connectivity index (χ4v) is 3.40. The average molecular weight is 259 g/mol. The van der Waals surface area contributed by atoms with E-state index in [2.05, 4.69) is 20.6 Å². The van der Waals surface area contributed by atoms with E-state index in [9.17, 15) is 0 Å². The van der Waals surface area contributed by atoms with Gasteiger partial charge < -0.3 is 9.55 Å². The van der Waals surface area contributed by atoms with E-state index in [4.69, 9.17) is 12.2 Å². The first-order valence-electron chi connectivity index (χ1n) is 6.74. The quantitative estimate of drug-likeness (QED) is 0.855. The van der Waals surface area contributed by atoms with Crippen LogP contribution >= 0.6 is 12.2 Å². The molecule has 0 radical (unpaired) electrons. The molecular formula is C14H17N3S. The highest BCUT2D eigenvalue weighted by Crippen LogP contribution is 2.62. The van der Waals surface area contributed by atoms with Gasteiger partial charge in [0.25, 0.3) is 0 Å². The van der Waals surface area contributed by atoms with Crippen molar-refractivity contribution in [3.05, 3.63) is 22.6 Å². The van der Waals surface area contributed by atoms with Gasteiger partial charge >= 0.3 is 0 Å². The lowest BCUT2D eigenvalue weighted by Gasteiger charge is -2.15. The number of nitrogens with zero attached hydrogens (tertiary/aromatic N) is 2. The van der Waals surface area contributed by atoms with Crippen LogP contribution < -0.4 is 0 Å². The number of hydrogen-bond acceptors (Lipinski definition) is 2. The average Bonchev–Trinajstić information content (AvgIpc) is 3.22. The molecule has 94 valence electrons. The van der Waals surface area contributed by atoms with Gasteiger partial charge in [-0.25, -0.2) is 4.98 Å². The molecule has 0 aromatic carbocycles. The van der Waals surface area contributed by atoms with Crippen LogP contribution in [0.2, 0.25) is 0 Å². The van der Waals surface area contributed by atoms with E-state index in [0.29, 0.717) is 5.41 Å². The third-order valence-corrected chi connectivity index (χ3v) is 4.89. The summed E-state index contributed by atoms with van der Waals surface area (Å²) in [5.41, 5.74) is 3.71. The Bertz CT molecular complexity index is 674. The Morgan fingerprint density at radius 1 is 1.44 bits per heavy atom. The molecule has 2 aliphatic rings. The molecule has 2 heterocycles. The van der Waals surface area contributed by atoms with Crippen LogP contribution in [-0.2, 0) is 6.54 Å². The number of nitrogens with one attached hydrogen (secondary N) is 1. The number of H-pyrrole nitrogens is 1. The number of rotatable bonds is 3. The third-order valence-electron chi connectivity index (χ3n) is 4.57. The van der Waals surface area contributed by atoms with Gasteiger partial charge in [-0.1, -0.05) is 0 Å². The summed E-state index contributed by atoms with van der Waals surface area (Å²) in [6.07, 6.45) is 5.58. The minimum Gasteiger partial charge on any atom is -0.329 e. The van der Waals surface area contributed by atoms with Gasteiger partial charge in [-0.2, -0.15) is 0 Å². The number of pyridine rings is 1. The smallest absolute Gasteiger partial charge is 0.179 e. The second kappa shape index (κ2) is 3.44. The van der Waals surface area contributed by atoms with Gasteiger partial charge in [-0.15, -0.1) is 0 Å². The van der Waals surface area contributed by atoms with Crippen molar-refractivity contribution in [2.45, 2.75) is 39.2 Å². The van der Waals surface area contributed by atoms with E-state index >= 15 is 0 Å². The van der Waals surface area contributed by atoms with Gasteiger partial charge in [0, 0.05) is 12.2 Å². The summed E-state index contributed by atoms with van der Waals surface area (Å²) in [5.74, 6) is 0.953. The standard InChI is InChI=1S/C14H17N3S/c1-9-2-5-11-12(15-9)17(13(18)16-11)8-14(6-7-14)10-3-4-10/h2,5,10H,3-4,6-8H2,1H3,(H,16,18). The summed E-state index contributed by atoms with van der Waals surface area (Å²) < 4.78 is 3.05. The van der Waals surface area contributed by atoms with Crippen LogP contribution in [-0.4, -0.2) is 14.5 Å². The topological polar surface area (TPSA) is 33.6 Å². The number of aromatic nitrogens is 3. The van der Waals surface area contributed by atoms with Crippen molar-refractivity contribution in [2.24, 2.45) is 11.3 Å². The molecule has 4 rings (SSSR count). The molecule has 2 fully saturated rings. The Balaban J connectivity index is 1.81. The molecule has 18 heavy (non-hydrogen) atoms. The fourth-order valence-electron chi connectivity index (χ4n) is 3.14. The summed E-state index contributed by atoms with van der Waals surface area (Å²) in [4.78, 5) is 7.93. The van der Waals surface area contributed by atoms with Crippen molar-refractivity contribution < 1.29 is 0 Å². The molecule has 2 saturated carbocycles. The van der Waals surface area contributed by atoms with Gasteiger partial charge in [0.1, 0.15) is 0 Å². The summed E-state index contributed by atoms with van der Waals surface area (Å²) in [6.45, 7) is 3.10. The highest BCUT2D eigenvalue weighted by Gasteiger charge is 2.53. The van der Waals surface area contributed by atoms with Gasteiger partial charge in [0.15, 0.2) is 10.4 Å². The van der Waals surface area contributed by atoms with Crippen LogP contribution in [0.1, 0.15) is 31.4 Å². The molecule has 4 heteroatoms. The Kier molecular flexibility index (Phi) is 2.05. The first kappa shape index (κ1) is 10.7. The number of hydrogen-bond donors (Lipinski definition) is 1. The van der Waals surface area contributed by atoms with E-state index in [1.165, 1.54) is 25.7 Å². The number of aromatic amines is 1. The molecule has 0 bridgehead atoms. The first-order chi connectivity index (χ1) is 8.68. The Morgan fingerprint density at radius 2 is 2.22 bits per heavy atom. The summed E-state index contributed by atoms with van der Waals surface area (Å²) in [5, 5.41) is 0. The van der Waals surface area contributed by atoms with Crippen molar-refractivity contribution in [1.82, 2.24) is 14.5 Å². The van der Waals surface area contributed by atoms with Crippen molar-refractivity contribution in [3.63, 3.8) is 0 Å². The highest BCUT2D eigenvalue weighted by molar-refractivity contribution is 7.71. The van der Waals surface area contributed by atoms with E-state index in [-0.39, 0.29) is 0 Å². The molecule has 0 spiro atoms. The predicted molar refractivity (Wildman–Crippen MR) is 74.0 cm³/mol. The van der Waals surface area contributed by atoms with Crippen LogP contribution in [0.25, 0.3) is 11.2 Å². The predicted octanol–water partition coefficient (Wildman–Crippen LogP) is 3.59. The first-order valence-corrected chi connectivity index (χ1v) is 7.15. The second-order valence-corrected chi connectivity index (χ2v) is 6.36. The highest BCUT2D eigenvalue weighted by atomic mass is 32.1. The molecule has 0 amide bonds. The number of imidazole rings is 1. The molecule has 0 aliphatic heterocycles. The Morgan fingerprint density at radius 3 is 2.89 bits per heavy atom. The van der Waals surface area contributed by atoms with E-state index in [0.717, 1.165) is 34.1 Å². The molecule has 1 N–H and O–H groups in total. The van der Waals surface area contributed by atoms with Crippen LogP contribution in [0.15, 0.2) is 12.1 Å². The minimum atomic E-state index is 0.554. The van der Waals surface area contributed by atoms with Gasteiger partial charge in [-0.05, 0) is 68.3 Å². The van der Waals surface area contributed by atoms with E-state index < -0.39 is 0 Å². The fraction of sp³-hybridized carbons (Fsp3) is 0.571. The summed E-state index contributed by atoms with van der Waals surface area (Å²) in [7, 11) is 0. The molecular weight excluding hydrogens is 242 g/mol. The molecule has 0 unspecified atom stereocenters. The molecule has 0 atom stereocenters. The third kappa shape index (κ3) is 1.55. The summed E-state index contributed by atoms with van der Waals surface area (Å²) >= 11 is 5.47. The minimum absolute atomic E-state index is 0.554. The van der Waals surface area contributed by atoms with Crippen LogP contribution in [0.4, 0.5) is 0 Å². The number of fused-ring (bicyclic) bond motifs is 1. The lowest BCUT2D eigenvalue weighted by molar-refractivity contribution is 0.372. The van der Waals surface area contributed by atoms with Gasteiger partial charge in [0.2, 0.25) is 0 Å². The summed E-state index contributed by atoms with van der Waals surface area (Å²) in [6, 6.07) is 4.12. The zero-order valence-corrected chi connectivity index (χ0v) is 11.4. The maximum absolute atomic E-state index is 5.47. The SMILES string of the molecule is Cc1ccc2[nH]c(=S)n(CC3(C4CC4)CC3)c2n1. The van der Waals surface area contributed by atoms with E-state index in [1.807, 2.05) is 13.0 Å². The maximum Gasteiger partial charge on any atom is 0.179 e. The molecule has 3 nitrogen and oxygen atoms in total. The zero-order chi connectivity index (χ0) is 12.3. The van der Waals surface area contributed by atoms with Crippen LogP contribution in [0.5, 0.6) is 0 Å². The normalized spacial score (nSPS) is 21.4. The van der Waals surface area contributed by atoms with E-state index in [1.54, 1.807) is 0 Å². The van der Waals surface area contributed by atoms with Crippen molar-refractivity contribution in [3.8, 4) is 0 Å². The monoisotopic (exact) mass is 259 g/mol. The van der Waals surface area contributed by atoms with Gasteiger partial charge in [-0.3, -0.25) is 0 Å². The molecule has 2 aromatic rings. The van der Waals surface area contributed by atoms with Crippen molar-refractivity contribution in [1.29, 1.82) is 0 Å². The van der Waals surface area contributed by atoms with Crippen molar-refractivity contribution in [2.75, 3.05) is 0 Å². The van der Waals surface area contributed by atoms with Crippen molar-refractivity contribution >= 4 is 23.4 Å². The van der Waals surface area contributed by atoms with Crippen LogP contribution in [0.3, 0.4) is 0 Å².